The van der Waals surface area contributed by atoms with Gasteiger partial charge < -0.3 is 9.64 Å². The van der Waals surface area contributed by atoms with Gasteiger partial charge >= 0.3 is 0 Å². The number of nitrogens with zero attached hydrogens (tertiary/aromatic N) is 3. The molecule has 0 atom stereocenters. The minimum atomic E-state index is -0.261. The predicted octanol–water partition coefficient (Wildman–Crippen LogP) is 10.8. The van der Waals surface area contributed by atoms with Crippen LogP contribution in [0.1, 0.15) is 0 Å². The van der Waals surface area contributed by atoms with E-state index in [9.17, 15) is 4.39 Å². The number of para-hydroxylation sites is 5. The van der Waals surface area contributed by atoms with Gasteiger partial charge in [0, 0.05) is 33.8 Å². The minimum absolute atomic E-state index is 0.261. The van der Waals surface area contributed by atoms with Crippen LogP contribution in [0.25, 0.3) is 16.6 Å². The SMILES string of the molecule is Fc1ccc(N(c2ccccc2)c2ccc(N3c4ccccc4Oc4c3n(-c3ccccc3)c3ccccc43)cc2)cc1. The van der Waals surface area contributed by atoms with Crippen LogP contribution in [0.2, 0.25) is 0 Å². The first kappa shape index (κ1) is 24.9. The normalized spacial score (nSPS) is 12.0. The van der Waals surface area contributed by atoms with E-state index in [1.807, 2.05) is 42.5 Å². The quantitative estimate of drug-likeness (QED) is 0.209. The zero-order valence-corrected chi connectivity index (χ0v) is 23.1. The van der Waals surface area contributed by atoms with Crippen molar-refractivity contribution in [3.05, 3.63) is 164 Å². The standard InChI is InChI=1S/C38H26FN3O/c39-27-19-21-30(22-20-27)40(28-11-3-1-4-12-28)31-23-25-32(26-24-31)42-35-17-9-10-18-36(35)43-37-33-15-7-8-16-34(33)41(38(37)42)29-13-5-2-6-14-29/h1-26H. The van der Waals surface area contributed by atoms with Crippen molar-refractivity contribution in [3.63, 3.8) is 0 Å². The molecule has 0 amide bonds. The fourth-order valence-electron chi connectivity index (χ4n) is 5.92. The first-order chi connectivity index (χ1) is 21.3. The van der Waals surface area contributed by atoms with Gasteiger partial charge in [-0.25, -0.2) is 4.39 Å². The van der Waals surface area contributed by atoms with Crippen molar-refractivity contribution in [2.45, 2.75) is 0 Å². The molecule has 0 unspecified atom stereocenters. The van der Waals surface area contributed by atoms with Gasteiger partial charge in [0.1, 0.15) is 5.82 Å². The number of hydrogen-bond acceptors (Lipinski definition) is 3. The van der Waals surface area contributed by atoms with Gasteiger partial charge in [-0.1, -0.05) is 60.7 Å². The molecule has 1 aliphatic heterocycles. The maximum atomic E-state index is 13.9. The molecule has 0 saturated carbocycles. The van der Waals surface area contributed by atoms with E-state index in [0.717, 1.165) is 62.3 Å². The Balaban J connectivity index is 1.32. The largest absolute Gasteiger partial charge is 0.451 e. The van der Waals surface area contributed by atoms with E-state index in [1.165, 1.54) is 12.1 Å². The summed E-state index contributed by atoms with van der Waals surface area (Å²) in [5.74, 6) is 2.30. The Morgan fingerprint density at radius 2 is 1.09 bits per heavy atom. The summed E-state index contributed by atoms with van der Waals surface area (Å²) in [5, 5.41) is 1.05. The highest BCUT2D eigenvalue weighted by atomic mass is 19.1. The Bertz CT molecular complexity index is 2050. The van der Waals surface area contributed by atoms with Crippen molar-refractivity contribution in [1.29, 1.82) is 0 Å². The van der Waals surface area contributed by atoms with Crippen molar-refractivity contribution in [2.24, 2.45) is 0 Å². The Hall–Kier alpha value is -5.81. The highest BCUT2D eigenvalue weighted by molar-refractivity contribution is 6.01. The zero-order chi connectivity index (χ0) is 28.8. The van der Waals surface area contributed by atoms with E-state index < -0.39 is 0 Å². The van der Waals surface area contributed by atoms with E-state index in [-0.39, 0.29) is 5.82 Å². The van der Waals surface area contributed by atoms with Crippen molar-refractivity contribution < 1.29 is 9.13 Å². The molecule has 0 radical (unpaired) electrons. The Morgan fingerprint density at radius 3 is 1.84 bits per heavy atom. The molecule has 0 N–H and O–H groups in total. The smallest absolute Gasteiger partial charge is 0.178 e. The lowest BCUT2D eigenvalue weighted by atomic mass is 10.1. The van der Waals surface area contributed by atoms with E-state index in [2.05, 4.69) is 105 Å². The summed E-state index contributed by atoms with van der Waals surface area (Å²) in [6.45, 7) is 0. The van der Waals surface area contributed by atoms with Gasteiger partial charge in [-0.3, -0.25) is 9.47 Å². The van der Waals surface area contributed by atoms with E-state index >= 15 is 0 Å². The maximum Gasteiger partial charge on any atom is 0.178 e. The third-order valence-corrected chi connectivity index (χ3v) is 7.81. The van der Waals surface area contributed by atoms with Crippen molar-refractivity contribution >= 4 is 45.2 Å². The second-order valence-electron chi connectivity index (χ2n) is 10.4. The van der Waals surface area contributed by atoms with E-state index in [1.54, 1.807) is 12.1 Å². The molecule has 2 heterocycles. The highest BCUT2D eigenvalue weighted by Gasteiger charge is 2.32. The fourth-order valence-corrected chi connectivity index (χ4v) is 5.92. The summed E-state index contributed by atoms with van der Waals surface area (Å²) < 4.78 is 22.7. The fraction of sp³-hybridized carbons (Fsp3) is 0. The highest BCUT2D eigenvalue weighted by Crippen LogP contribution is 2.55. The summed E-state index contributed by atoms with van der Waals surface area (Å²) in [5.41, 5.74) is 6.91. The topological polar surface area (TPSA) is 20.6 Å². The molecule has 1 aromatic heterocycles. The van der Waals surface area contributed by atoms with Crippen LogP contribution in [0.3, 0.4) is 0 Å². The summed E-state index contributed by atoms with van der Waals surface area (Å²) in [6, 6.07) is 52.1. The second-order valence-corrected chi connectivity index (χ2v) is 10.4. The predicted molar refractivity (Wildman–Crippen MR) is 173 cm³/mol. The molecule has 0 aliphatic carbocycles. The molecule has 7 aromatic rings. The lowest BCUT2D eigenvalue weighted by Gasteiger charge is -2.33. The number of aromatic nitrogens is 1. The number of rotatable bonds is 5. The van der Waals surface area contributed by atoms with Crippen LogP contribution in [0, 0.1) is 5.82 Å². The molecule has 4 nitrogen and oxygen atoms in total. The molecule has 43 heavy (non-hydrogen) atoms. The second kappa shape index (κ2) is 10.2. The van der Waals surface area contributed by atoms with Gasteiger partial charge in [-0.2, -0.15) is 0 Å². The maximum absolute atomic E-state index is 13.9. The third kappa shape index (κ3) is 4.21. The number of hydrogen-bond donors (Lipinski definition) is 0. The van der Waals surface area contributed by atoms with Gasteiger partial charge in [0.15, 0.2) is 17.3 Å². The number of benzene rings is 6. The molecule has 5 heteroatoms. The summed E-state index contributed by atoms with van der Waals surface area (Å²) in [6.07, 6.45) is 0. The zero-order valence-electron chi connectivity index (χ0n) is 23.1. The van der Waals surface area contributed by atoms with Crippen molar-refractivity contribution in [1.82, 2.24) is 4.57 Å². The molecule has 0 saturated heterocycles. The van der Waals surface area contributed by atoms with Gasteiger partial charge in [0.2, 0.25) is 0 Å². The van der Waals surface area contributed by atoms with E-state index in [0.29, 0.717) is 0 Å². The molecule has 0 spiro atoms. The van der Waals surface area contributed by atoms with Gasteiger partial charge in [0.05, 0.1) is 11.2 Å². The van der Waals surface area contributed by atoms with Crippen LogP contribution in [0.5, 0.6) is 11.5 Å². The molecule has 0 bridgehead atoms. The van der Waals surface area contributed by atoms with Crippen LogP contribution >= 0.6 is 0 Å². The number of fused-ring (bicyclic) bond motifs is 4. The molecular formula is C38H26FN3O. The Kier molecular flexibility index (Phi) is 5.93. The van der Waals surface area contributed by atoms with Crippen molar-refractivity contribution in [2.75, 3.05) is 9.80 Å². The first-order valence-corrected chi connectivity index (χ1v) is 14.2. The average Bonchev–Trinajstić information content (AvgIpc) is 3.40. The third-order valence-electron chi connectivity index (χ3n) is 7.81. The molecule has 0 fully saturated rings. The van der Waals surface area contributed by atoms with Gasteiger partial charge in [-0.15, -0.1) is 0 Å². The van der Waals surface area contributed by atoms with Crippen LogP contribution in [0.15, 0.2) is 158 Å². The number of ether oxygens (including phenoxy) is 1. The van der Waals surface area contributed by atoms with Crippen LogP contribution in [0.4, 0.5) is 38.6 Å². The monoisotopic (exact) mass is 559 g/mol. The van der Waals surface area contributed by atoms with E-state index in [4.69, 9.17) is 4.74 Å². The Labute approximate surface area is 249 Å². The molecule has 1 aliphatic rings. The van der Waals surface area contributed by atoms with Crippen LogP contribution in [-0.2, 0) is 0 Å². The number of halogens is 1. The minimum Gasteiger partial charge on any atom is -0.451 e. The molecule has 206 valence electrons. The molecule has 6 aromatic carbocycles. The molecular weight excluding hydrogens is 533 g/mol. The summed E-state index contributed by atoms with van der Waals surface area (Å²) >= 11 is 0. The van der Waals surface area contributed by atoms with Crippen LogP contribution in [-0.4, -0.2) is 4.57 Å². The lowest BCUT2D eigenvalue weighted by molar-refractivity contribution is 0.481. The number of anilines is 6. The van der Waals surface area contributed by atoms with Gasteiger partial charge in [-0.05, 0) is 97.1 Å². The summed E-state index contributed by atoms with van der Waals surface area (Å²) in [7, 11) is 0. The van der Waals surface area contributed by atoms with Crippen molar-refractivity contribution in [3.8, 4) is 17.2 Å². The Morgan fingerprint density at radius 1 is 0.512 bits per heavy atom. The lowest BCUT2D eigenvalue weighted by Crippen LogP contribution is -2.18. The average molecular weight is 560 g/mol. The molecule has 8 rings (SSSR count). The van der Waals surface area contributed by atoms with Crippen LogP contribution < -0.4 is 14.5 Å². The van der Waals surface area contributed by atoms with Gasteiger partial charge in [0.25, 0.3) is 0 Å². The summed E-state index contributed by atoms with van der Waals surface area (Å²) in [4.78, 5) is 4.40. The first-order valence-electron chi connectivity index (χ1n) is 14.2.